The number of rotatable bonds is 9. The van der Waals surface area contributed by atoms with Crippen molar-refractivity contribution < 1.29 is 24.1 Å². The van der Waals surface area contributed by atoms with Gasteiger partial charge < -0.3 is 29.5 Å². The van der Waals surface area contributed by atoms with Gasteiger partial charge in [-0.25, -0.2) is 4.79 Å². The second-order valence-corrected chi connectivity index (χ2v) is 8.29. The Morgan fingerprint density at radius 3 is 2.61 bits per heavy atom. The number of carbonyl (C=O) groups is 1. The number of aliphatic hydroxyl groups is 1. The molecule has 2 aliphatic heterocycles. The summed E-state index contributed by atoms with van der Waals surface area (Å²) in [7, 11) is 0. The molecule has 31 heavy (non-hydrogen) atoms. The molecule has 2 fully saturated rings. The van der Waals surface area contributed by atoms with E-state index >= 15 is 0 Å². The Kier molecular flexibility index (Phi) is 7.29. The first-order valence-corrected chi connectivity index (χ1v) is 10.9. The Hall–Kier alpha value is -2.32. The van der Waals surface area contributed by atoms with E-state index in [-0.39, 0.29) is 12.7 Å². The Labute approximate surface area is 186 Å². The molecular weight excluding hydrogens is 420 g/mol. The predicted molar refractivity (Wildman–Crippen MR) is 116 cm³/mol. The number of nitrogens with zero attached hydrogens (tertiary/aromatic N) is 1. The summed E-state index contributed by atoms with van der Waals surface area (Å²) < 4.78 is 16.2. The smallest absolute Gasteiger partial charge is 0.407 e. The van der Waals surface area contributed by atoms with Crippen molar-refractivity contribution in [3.63, 3.8) is 0 Å². The highest BCUT2D eigenvalue weighted by Gasteiger charge is 2.29. The molecular formula is C23H27ClN2O5. The van der Waals surface area contributed by atoms with E-state index < -0.39 is 18.2 Å². The van der Waals surface area contributed by atoms with Crippen LogP contribution >= 0.6 is 11.6 Å². The third-order valence-corrected chi connectivity index (χ3v) is 5.79. The maximum Gasteiger partial charge on any atom is 0.407 e. The van der Waals surface area contributed by atoms with Gasteiger partial charge in [-0.2, -0.15) is 0 Å². The van der Waals surface area contributed by atoms with E-state index in [9.17, 15) is 9.90 Å². The number of amides is 1. The number of carbonyl (C=O) groups excluding carboxylic acids is 1. The van der Waals surface area contributed by atoms with Crippen molar-refractivity contribution >= 4 is 17.7 Å². The number of ether oxygens (including phenoxy) is 3. The lowest BCUT2D eigenvalue weighted by atomic mass is 10.0. The first-order valence-electron chi connectivity index (χ1n) is 10.5. The van der Waals surface area contributed by atoms with Gasteiger partial charge in [0, 0.05) is 6.54 Å². The summed E-state index contributed by atoms with van der Waals surface area (Å²) in [5.41, 5.74) is 1.51. The fourth-order valence-corrected chi connectivity index (χ4v) is 3.71. The van der Waals surface area contributed by atoms with E-state index in [0.29, 0.717) is 36.1 Å². The fraction of sp³-hybridized carbons (Fsp3) is 0.435. The topological polar surface area (TPSA) is 80.3 Å². The van der Waals surface area contributed by atoms with Gasteiger partial charge in [0.2, 0.25) is 0 Å². The molecule has 7 nitrogen and oxygen atoms in total. The number of nitrogens with one attached hydrogen (secondary N) is 1. The van der Waals surface area contributed by atoms with Crippen LogP contribution in [0.15, 0.2) is 48.5 Å². The molecule has 2 saturated heterocycles. The van der Waals surface area contributed by atoms with Gasteiger partial charge in [0.15, 0.2) is 0 Å². The quantitative estimate of drug-likeness (QED) is 0.616. The molecule has 2 atom stereocenters. The average molecular weight is 447 g/mol. The predicted octanol–water partition coefficient (Wildman–Crippen LogP) is 3.15. The molecule has 0 aromatic heterocycles. The zero-order chi connectivity index (χ0) is 21.6. The van der Waals surface area contributed by atoms with E-state index in [1.54, 1.807) is 18.2 Å². The van der Waals surface area contributed by atoms with Gasteiger partial charge in [0.05, 0.1) is 24.3 Å². The number of aliphatic hydroxyl groups excluding tert-OH is 1. The molecule has 0 radical (unpaired) electrons. The van der Waals surface area contributed by atoms with Gasteiger partial charge in [0.25, 0.3) is 0 Å². The number of halogens is 1. The summed E-state index contributed by atoms with van der Waals surface area (Å²) in [6.07, 6.45) is -0.384. The fourth-order valence-electron chi connectivity index (χ4n) is 3.47. The van der Waals surface area contributed by atoms with Crippen molar-refractivity contribution in [2.75, 3.05) is 32.8 Å². The van der Waals surface area contributed by atoms with Gasteiger partial charge in [-0.05, 0) is 42.8 Å². The summed E-state index contributed by atoms with van der Waals surface area (Å²) in [5.74, 6) is 0.556. The highest BCUT2D eigenvalue weighted by molar-refractivity contribution is 6.32. The first kappa shape index (κ1) is 21.9. The van der Waals surface area contributed by atoms with E-state index in [4.69, 9.17) is 25.8 Å². The summed E-state index contributed by atoms with van der Waals surface area (Å²) in [4.78, 5) is 14.6. The Morgan fingerprint density at radius 2 is 2.00 bits per heavy atom. The van der Waals surface area contributed by atoms with Crippen LogP contribution in [0, 0.1) is 0 Å². The molecule has 2 aromatic carbocycles. The molecule has 2 aliphatic rings. The first-order chi connectivity index (χ1) is 15.1. The minimum absolute atomic E-state index is 0.00786. The van der Waals surface area contributed by atoms with Crippen LogP contribution in [0.2, 0.25) is 5.02 Å². The molecule has 166 valence electrons. The van der Waals surface area contributed by atoms with Crippen LogP contribution in [0.25, 0.3) is 0 Å². The lowest BCUT2D eigenvalue weighted by molar-refractivity contribution is -0.0796. The summed E-state index contributed by atoms with van der Waals surface area (Å²) in [6, 6.07) is 14.1. The van der Waals surface area contributed by atoms with Crippen LogP contribution < -0.4 is 10.1 Å². The molecule has 2 N–H and O–H groups in total. The molecule has 0 spiro atoms. The van der Waals surface area contributed by atoms with E-state index in [2.05, 4.69) is 10.2 Å². The monoisotopic (exact) mass is 446 g/mol. The molecule has 8 heteroatoms. The standard InChI is InChI=1S/C23H27ClN2O5/c24-19-11-17(7-8-21(19)31-18-14-29-15-18)22(27)20(12-26-9-4-10-26)25-23(28)30-13-16-5-2-1-3-6-16/h1-3,5-8,11,18,20,22,27H,4,9-10,12-15H2,(H,25,28)/t20-,22-/m1/s1. The number of hydrogen-bond donors (Lipinski definition) is 2. The maximum atomic E-state index is 12.4. The summed E-state index contributed by atoms with van der Waals surface area (Å²) >= 11 is 6.37. The SMILES string of the molecule is O=C(N[C@H](CN1CCC1)[C@H](O)c1ccc(OC2COC2)c(Cl)c1)OCc1ccccc1. The van der Waals surface area contributed by atoms with E-state index in [1.807, 2.05) is 30.3 Å². The average Bonchev–Trinajstić information content (AvgIpc) is 2.72. The molecule has 0 saturated carbocycles. The highest BCUT2D eigenvalue weighted by Crippen LogP contribution is 2.31. The number of alkyl carbamates (subject to hydrolysis) is 1. The zero-order valence-corrected chi connectivity index (χ0v) is 18.0. The molecule has 1 amide bonds. The van der Waals surface area contributed by atoms with Crippen LogP contribution in [0.5, 0.6) is 5.75 Å². The largest absolute Gasteiger partial charge is 0.484 e. The maximum absolute atomic E-state index is 12.4. The lowest BCUT2D eigenvalue weighted by Gasteiger charge is -2.36. The van der Waals surface area contributed by atoms with E-state index in [1.165, 1.54) is 0 Å². The third kappa shape index (κ3) is 5.89. The van der Waals surface area contributed by atoms with E-state index in [0.717, 1.165) is 25.1 Å². The van der Waals surface area contributed by atoms with Gasteiger partial charge in [0.1, 0.15) is 24.6 Å². The van der Waals surface area contributed by atoms with Crippen LogP contribution in [-0.2, 0) is 16.1 Å². The normalized spacial score (nSPS) is 18.4. The lowest BCUT2D eigenvalue weighted by Crippen LogP contribution is -2.51. The van der Waals surface area contributed by atoms with Crippen molar-refractivity contribution in [3.05, 3.63) is 64.7 Å². The van der Waals surface area contributed by atoms with Crippen LogP contribution in [-0.4, -0.2) is 61.1 Å². The molecule has 0 aliphatic carbocycles. The van der Waals surface area contributed by atoms with Gasteiger partial charge in [-0.3, -0.25) is 0 Å². The highest BCUT2D eigenvalue weighted by atomic mass is 35.5. The van der Waals surface area contributed by atoms with Crippen molar-refractivity contribution in [3.8, 4) is 5.75 Å². The number of likely N-dealkylation sites (tertiary alicyclic amines) is 1. The van der Waals surface area contributed by atoms with Gasteiger partial charge >= 0.3 is 6.09 Å². The molecule has 4 rings (SSSR count). The summed E-state index contributed by atoms with van der Waals surface area (Å²) in [6.45, 7) is 3.68. The Balaban J connectivity index is 1.39. The minimum Gasteiger partial charge on any atom is -0.484 e. The molecule has 2 heterocycles. The molecule has 0 bridgehead atoms. The van der Waals surface area contributed by atoms with Gasteiger partial charge in [-0.15, -0.1) is 0 Å². The summed E-state index contributed by atoms with van der Waals surface area (Å²) in [5, 5.41) is 14.3. The van der Waals surface area contributed by atoms with Crippen LogP contribution in [0.4, 0.5) is 4.79 Å². The van der Waals surface area contributed by atoms with Crippen molar-refractivity contribution in [1.82, 2.24) is 10.2 Å². The molecule has 2 aromatic rings. The third-order valence-electron chi connectivity index (χ3n) is 5.50. The number of benzene rings is 2. The van der Waals surface area contributed by atoms with Crippen LogP contribution in [0.3, 0.4) is 0 Å². The van der Waals surface area contributed by atoms with Gasteiger partial charge in [-0.1, -0.05) is 48.0 Å². The second-order valence-electron chi connectivity index (χ2n) is 7.88. The minimum atomic E-state index is -0.941. The second kappa shape index (κ2) is 10.3. The van der Waals surface area contributed by atoms with Crippen molar-refractivity contribution in [2.24, 2.45) is 0 Å². The van der Waals surface area contributed by atoms with Crippen molar-refractivity contribution in [2.45, 2.75) is 31.3 Å². The van der Waals surface area contributed by atoms with Crippen LogP contribution in [0.1, 0.15) is 23.7 Å². The number of hydrogen-bond acceptors (Lipinski definition) is 6. The zero-order valence-electron chi connectivity index (χ0n) is 17.2. The Bertz CT molecular complexity index is 874. The molecule has 0 unspecified atom stereocenters. The Morgan fingerprint density at radius 1 is 1.23 bits per heavy atom. The van der Waals surface area contributed by atoms with Crippen molar-refractivity contribution in [1.29, 1.82) is 0 Å².